The highest BCUT2D eigenvalue weighted by Crippen LogP contribution is 2.27. The van der Waals surface area contributed by atoms with Crippen LogP contribution in [0, 0.1) is 0 Å². The lowest BCUT2D eigenvalue weighted by atomic mass is 10.1. The number of aromatic nitrogens is 4. The summed E-state index contributed by atoms with van der Waals surface area (Å²) in [4.78, 5) is 24.4. The average molecular weight is 387 g/mol. The van der Waals surface area contributed by atoms with Crippen molar-refractivity contribution in [3.8, 4) is 0 Å². The molecule has 1 saturated heterocycles. The summed E-state index contributed by atoms with van der Waals surface area (Å²) in [6.07, 6.45) is 8.65. The van der Waals surface area contributed by atoms with Gasteiger partial charge < -0.3 is 15.0 Å². The number of benzene rings is 1. The quantitative estimate of drug-likeness (QED) is 0.628. The zero-order valence-corrected chi connectivity index (χ0v) is 15.9. The van der Waals surface area contributed by atoms with Crippen molar-refractivity contribution in [2.24, 2.45) is 0 Å². The molecule has 3 heterocycles. The minimum Gasteiger partial charge on any atom is -0.369 e. The minimum atomic E-state index is 0.520. The van der Waals surface area contributed by atoms with Gasteiger partial charge in [0.05, 0.1) is 12.7 Å². The summed E-state index contributed by atoms with van der Waals surface area (Å²) in [6, 6.07) is 8.33. The Balaban J connectivity index is 1.33. The number of nitrogens with zero attached hydrogens (tertiary/aromatic N) is 5. The van der Waals surface area contributed by atoms with Gasteiger partial charge in [0.15, 0.2) is 11.6 Å². The van der Waals surface area contributed by atoms with Gasteiger partial charge in [-0.2, -0.15) is 5.10 Å². The van der Waals surface area contributed by atoms with Crippen LogP contribution < -0.4 is 10.2 Å². The number of aldehydes is 1. The molecule has 1 aliphatic heterocycles. The Morgan fingerprint density at radius 2 is 1.90 bits per heavy atom. The SMILES string of the molecule is O=CCN1CCN(c2ccc(Nc3nc(C4=CC=C4)nc4cn[nH]c34)cc2)CC1. The summed E-state index contributed by atoms with van der Waals surface area (Å²) >= 11 is 0. The van der Waals surface area contributed by atoms with Crippen LogP contribution in [0.5, 0.6) is 0 Å². The van der Waals surface area contributed by atoms with Crippen molar-refractivity contribution in [2.75, 3.05) is 42.9 Å². The van der Waals surface area contributed by atoms with Gasteiger partial charge in [0.2, 0.25) is 0 Å². The van der Waals surface area contributed by atoms with Crippen LogP contribution >= 0.6 is 0 Å². The summed E-state index contributed by atoms with van der Waals surface area (Å²) in [6.45, 7) is 4.18. The van der Waals surface area contributed by atoms with Crippen LogP contribution in [-0.2, 0) is 4.79 Å². The van der Waals surface area contributed by atoms with Crippen molar-refractivity contribution in [3.63, 3.8) is 0 Å². The minimum absolute atomic E-state index is 0.520. The standard InChI is InChI=1S/C21H21N7O/c29-13-12-27-8-10-28(11-9-27)17-6-4-16(5-7-17)23-21-19-18(14-22-26-19)24-20(25-21)15-2-1-3-15/h1-7,13-14H,8-12H2,(H,22,26)(H,23,24,25). The number of carbonyl (C=O) groups excluding carboxylic acids is 1. The van der Waals surface area contributed by atoms with E-state index >= 15 is 0 Å². The Labute approximate surface area is 167 Å². The number of nitrogens with one attached hydrogen (secondary N) is 2. The highest BCUT2D eigenvalue weighted by Gasteiger charge is 2.17. The predicted molar refractivity (Wildman–Crippen MR) is 113 cm³/mol. The lowest BCUT2D eigenvalue weighted by molar-refractivity contribution is -0.108. The zero-order valence-electron chi connectivity index (χ0n) is 15.9. The molecule has 1 aliphatic carbocycles. The molecule has 0 bridgehead atoms. The molecule has 0 unspecified atom stereocenters. The summed E-state index contributed by atoms with van der Waals surface area (Å²) < 4.78 is 0. The molecule has 8 nitrogen and oxygen atoms in total. The molecule has 1 aromatic carbocycles. The molecule has 2 aromatic heterocycles. The van der Waals surface area contributed by atoms with Gasteiger partial charge in [0, 0.05) is 43.1 Å². The van der Waals surface area contributed by atoms with Gasteiger partial charge in [0.25, 0.3) is 0 Å². The van der Waals surface area contributed by atoms with E-state index in [9.17, 15) is 4.79 Å². The molecule has 0 saturated carbocycles. The van der Waals surface area contributed by atoms with Crippen molar-refractivity contribution in [1.29, 1.82) is 0 Å². The lowest BCUT2D eigenvalue weighted by Gasteiger charge is -2.35. The summed E-state index contributed by atoms with van der Waals surface area (Å²) in [7, 11) is 0. The third kappa shape index (κ3) is 3.50. The second-order valence-corrected chi connectivity index (χ2v) is 7.13. The van der Waals surface area contributed by atoms with E-state index < -0.39 is 0 Å². The zero-order chi connectivity index (χ0) is 19.6. The number of rotatable bonds is 6. The van der Waals surface area contributed by atoms with Crippen LogP contribution in [-0.4, -0.2) is 64.1 Å². The smallest absolute Gasteiger partial charge is 0.162 e. The highest BCUT2D eigenvalue weighted by atomic mass is 16.1. The van der Waals surface area contributed by atoms with Gasteiger partial charge in [-0.15, -0.1) is 0 Å². The molecule has 0 amide bonds. The van der Waals surface area contributed by atoms with E-state index in [-0.39, 0.29) is 0 Å². The maximum atomic E-state index is 10.7. The number of anilines is 3. The predicted octanol–water partition coefficient (Wildman–Crippen LogP) is 2.37. The van der Waals surface area contributed by atoms with Gasteiger partial charge in [-0.1, -0.05) is 18.2 Å². The summed E-state index contributed by atoms with van der Waals surface area (Å²) in [5.41, 5.74) is 4.71. The van der Waals surface area contributed by atoms with Gasteiger partial charge >= 0.3 is 0 Å². The lowest BCUT2D eigenvalue weighted by Crippen LogP contribution is -2.46. The molecule has 5 rings (SSSR count). The average Bonchev–Trinajstić information content (AvgIpc) is 3.17. The Bertz CT molecular complexity index is 1090. The third-order valence-electron chi connectivity index (χ3n) is 5.31. The normalized spacial score (nSPS) is 16.6. The fourth-order valence-electron chi connectivity index (χ4n) is 3.59. The second-order valence-electron chi connectivity index (χ2n) is 7.13. The molecule has 2 aliphatic rings. The van der Waals surface area contributed by atoms with E-state index in [0.717, 1.165) is 54.8 Å². The maximum absolute atomic E-state index is 10.7. The van der Waals surface area contributed by atoms with E-state index in [1.54, 1.807) is 6.20 Å². The number of piperazine rings is 1. The molecule has 2 N–H and O–H groups in total. The van der Waals surface area contributed by atoms with E-state index in [2.05, 4.69) is 59.5 Å². The van der Waals surface area contributed by atoms with Crippen LogP contribution in [0.25, 0.3) is 16.6 Å². The van der Waals surface area contributed by atoms with Crippen LogP contribution in [0.3, 0.4) is 0 Å². The van der Waals surface area contributed by atoms with E-state index in [1.807, 2.05) is 18.2 Å². The molecule has 146 valence electrons. The number of H-pyrrole nitrogens is 1. The fraction of sp³-hybridized carbons (Fsp3) is 0.238. The Hall–Kier alpha value is -3.52. The van der Waals surface area contributed by atoms with Crippen LogP contribution in [0.2, 0.25) is 0 Å². The van der Waals surface area contributed by atoms with Crippen molar-refractivity contribution < 1.29 is 4.79 Å². The van der Waals surface area contributed by atoms with Gasteiger partial charge in [-0.3, -0.25) is 10.00 Å². The van der Waals surface area contributed by atoms with E-state index in [4.69, 9.17) is 0 Å². The first-order chi connectivity index (χ1) is 14.3. The number of hydrogen-bond donors (Lipinski definition) is 2. The van der Waals surface area contributed by atoms with E-state index in [1.165, 1.54) is 5.69 Å². The first-order valence-electron chi connectivity index (χ1n) is 9.68. The van der Waals surface area contributed by atoms with Crippen molar-refractivity contribution in [2.45, 2.75) is 0 Å². The summed E-state index contributed by atoms with van der Waals surface area (Å²) in [5, 5.41) is 10.5. The Morgan fingerprint density at radius 1 is 1.10 bits per heavy atom. The number of carbonyl (C=O) groups is 1. The second kappa shape index (κ2) is 7.48. The van der Waals surface area contributed by atoms with Crippen molar-refractivity contribution in [1.82, 2.24) is 25.1 Å². The number of fused-ring (bicyclic) bond motifs is 1. The maximum Gasteiger partial charge on any atom is 0.162 e. The van der Waals surface area contributed by atoms with Gasteiger partial charge in [-0.25, -0.2) is 9.97 Å². The van der Waals surface area contributed by atoms with Crippen LogP contribution in [0.1, 0.15) is 5.82 Å². The molecule has 1 fully saturated rings. The fourth-order valence-corrected chi connectivity index (χ4v) is 3.59. The van der Waals surface area contributed by atoms with Crippen molar-refractivity contribution in [3.05, 3.63) is 54.5 Å². The first kappa shape index (κ1) is 17.6. The molecule has 29 heavy (non-hydrogen) atoms. The molecular formula is C21H21N7O. The monoisotopic (exact) mass is 387 g/mol. The topological polar surface area (TPSA) is 90.0 Å². The molecule has 8 heteroatoms. The number of aromatic amines is 1. The summed E-state index contributed by atoms with van der Waals surface area (Å²) in [5.74, 6) is 1.40. The highest BCUT2D eigenvalue weighted by molar-refractivity contribution is 5.89. The number of allylic oxidation sites excluding steroid dienone is 4. The largest absolute Gasteiger partial charge is 0.369 e. The number of hydrogen-bond acceptors (Lipinski definition) is 7. The van der Waals surface area contributed by atoms with Crippen LogP contribution in [0.4, 0.5) is 17.2 Å². The van der Waals surface area contributed by atoms with Crippen molar-refractivity contribution >= 4 is 40.1 Å². The van der Waals surface area contributed by atoms with Gasteiger partial charge in [0.1, 0.15) is 17.3 Å². The molecule has 0 spiro atoms. The molecule has 3 aromatic rings. The Kier molecular flexibility index (Phi) is 4.53. The van der Waals surface area contributed by atoms with Gasteiger partial charge in [-0.05, 0) is 24.3 Å². The first-order valence-corrected chi connectivity index (χ1v) is 9.68. The van der Waals surface area contributed by atoms with Crippen LogP contribution in [0.15, 0.2) is 48.7 Å². The Morgan fingerprint density at radius 3 is 2.59 bits per heavy atom. The molecule has 0 radical (unpaired) electrons. The third-order valence-corrected chi connectivity index (χ3v) is 5.31. The molecular weight excluding hydrogens is 366 g/mol. The molecule has 0 atom stereocenters. The van der Waals surface area contributed by atoms with E-state index in [0.29, 0.717) is 18.2 Å².